The first-order chi connectivity index (χ1) is 25.2. The summed E-state index contributed by atoms with van der Waals surface area (Å²) in [5.74, 6) is 0. The van der Waals surface area contributed by atoms with Crippen molar-refractivity contribution >= 4 is 49.2 Å². The molecule has 0 fully saturated rings. The normalized spacial score (nSPS) is 12.1. The van der Waals surface area contributed by atoms with Crippen LogP contribution in [0.5, 0.6) is 0 Å². The molecule has 0 unspecified atom stereocenters. The third kappa shape index (κ3) is 5.29. The molecule has 0 aliphatic carbocycles. The van der Waals surface area contributed by atoms with Gasteiger partial charge in [-0.25, -0.2) is 0 Å². The minimum atomic E-state index is 1.15. The van der Waals surface area contributed by atoms with Crippen LogP contribution in [0, 0.1) is 0 Å². The number of allylic oxidation sites excluding steroid dienone is 5. The van der Waals surface area contributed by atoms with Gasteiger partial charge in [0.15, 0.2) is 0 Å². The Kier molecular flexibility index (Phi) is 7.56. The van der Waals surface area contributed by atoms with Crippen molar-refractivity contribution in [1.29, 1.82) is 0 Å². The predicted octanol–water partition coefficient (Wildman–Crippen LogP) is 13.4. The highest BCUT2D eigenvalue weighted by atomic mass is 15.0. The second-order valence-corrected chi connectivity index (χ2v) is 13.1. The van der Waals surface area contributed by atoms with Gasteiger partial charge in [0.05, 0.1) is 22.1 Å². The molecule has 0 radical (unpaired) electrons. The quantitative estimate of drug-likeness (QED) is 0.152. The highest BCUT2D eigenvalue weighted by Gasteiger charge is 2.14. The van der Waals surface area contributed by atoms with E-state index in [1.165, 1.54) is 77.0 Å². The second kappa shape index (κ2) is 12.7. The highest BCUT2D eigenvalue weighted by molar-refractivity contribution is 6.10. The van der Waals surface area contributed by atoms with Crippen LogP contribution in [0.2, 0.25) is 0 Å². The van der Waals surface area contributed by atoms with Crippen LogP contribution in [0.4, 0.5) is 0 Å². The number of rotatable bonds is 7. The molecule has 0 spiro atoms. The van der Waals surface area contributed by atoms with Crippen LogP contribution in [0.1, 0.15) is 12.5 Å². The summed E-state index contributed by atoms with van der Waals surface area (Å²) < 4.78 is 4.74. The molecule has 242 valence electrons. The molecule has 0 aliphatic rings. The molecule has 0 saturated carbocycles. The number of para-hydroxylation sites is 4. The fourth-order valence-electron chi connectivity index (χ4n) is 7.57. The lowest BCUT2D eigenvalue weighted by Crippen LogP contribution is -1.94. The highest BCUT2D eigenvalue weighted by Crippen LogP contribution is 2.36. The smallest absolute Gasteiger partial charge is 0.0541 e. The van der Waals surface area contributed by atoms with Crippen molar-refractivity contribution < 1.29 is 0 Å². The average molecular weight is 653 g/mol. The van der Waals surface area contributed by atoms with E-state index >= 15 is 0 Å². The van der Waals surface area contributed by atoms with Gasteiger partial charge >= 0.3 is 0 Å². The van der Waals surface area contributed by atoms with E-state index in [9.17, 15) is 0 Å². The van der Waals surface area contributed by atoms with E-state index in [2.05, 4.69) is 199 Å². The Labute approximate surface area is 298 Å². The number of hydrogen-bond acceptors (Lipinski definition) is 0. The Morgan fingerprint density at radius 3 is 1.18 bits per heavy atom. The number of nitrogens with zero attached hydrogens (tertiary/aromatic N) is 2. The summed E-state index contributed by atoms with van der Waals surface area (Å²) in [5, 5.41) is 5.08. The molecule has 0 bridgehead atoms. The fraction of sp³-hybridized carbons (Fsp3) is 0.0204. The maximum absolute atomic E-state index is 3.84. The molecule has 0 N–H and O–H groups in total. The Balaban J connectivity index is 1.13. The number of fused-ring (bicyclic) bond motifs is 6. The Hall–Kier alpha value is -6.64. The lowest BCUT2D eigenvalue weighted by Gasteiger charge is -2.14. The maximum atomic E-state index is 3.84. The van der Waals surface area contributed by atoms with Crippen LogP contribution < -0.4 is 0 Å². The number of benzene rings is 7. The van der Waals surface area contributed by atoms with Crippen molar-refractivity contribution in [3.8, 4) is 33.6 Å². The zero-order valence-corrected chi connectivity index (χ0v) is 28.5. The van der Waals surface area contributed by atoms with E-state index in [1.807, 2.05) is 12.2 Å². The van der Waals surface area contributed by atoms with Gasteiger partial charge in [0.25, 0.3) is 0 Å². The van der Waals surface area contributed by atoms with Crippen molar-refractivity contribution in [2.24, 2.45) is 0 Å². The van der Waals surface area contributed by atoms with E-state index in [0.29, 0.717) is 0 Å². The van der Waals surface area contributed by atoms with Crippen molar-refractivity contribution in [2.75, 3.05) is 0 Å². The topological polar surface area (TPSA) is 9.86 Å². The fourth-order valence-corrected chi connectivity index (χ4v) is 7.57. The first kappa shape index (κ1) is 30.4. The molecular weight excluding hydrogens is 617 g/mol. The summed E-state index contributed by atoms with van der Waals surface area (Å²) in [6.45, 7) is 6.01. The minimum Gasteiger partial charge on any atom is -0.309 e. The first-order valence-electron chi connectivity index (χ1n) is 17.5. The van der Waals surface area contributed by atoms with E-state index in [1.54, 1.807) is 0 Å². The summed E-state index contributed by atoms with van der Waals surface area (Å²) in [4.78, 5) is 0. The first-order valence-corrected chi connectivity index (χ1v) is 17.5. The molecule has 0 atom stereocenters. The predicted molar refractivity (Wildman–Crippen MR) is 219 cm³/mol. The van der Waals surface area contributed by atoms with Gasteiger partial charge in [0.1, 0.15) is 0 Å². The molecule has 9 rings (SSSR count). The SMILES string of the molecule is C=C/C=C\C=C(/C)c1cc(-c2ccc(-n3c4ccccc4c4ccccc43)cc2)cc(-c2ccc(-n3c4ccccc4c4ccccc43)cc2)c1. The second-order valence-electron chi connectivity index (χ2n) is 13.1. The Morgan fingerprint density at radius 1 is 0.431 bits per heavy atom. The van der Waals surface area contributed by atoms with Gasteiger partial charge < -0.3 is 9.13 Å². The zero-order chi connectivity index (χ0) is 34.3. The van der Waals surface area contributed by atoms with Crippen LogP contribution in [0.3, 0.4) is 0 Å². The third-order valence-corrected chi connectivity index (χ3v) is 10.1. The van der Waals surface area contributed by atoms with Crippen LogP contribution in [0.15, 0.2) is 195 Å². The third-order valence-electron chi connectivity index (χ3n) is 10.1. The van der Waals surface area contributed by atoms with Gasteiger partial charge in [-0.2, -0.15) is 0 Å². The van der Waals surface area contributed by atoms with Crippen molar-refractivity contribution in [3.63, 3.8) is 0 Å². The lowest BCUT2D eigenvalue weighted by atomic mass is 9.93. The monoisotopic (exact) mass is 652 g/mol. The van der Waals surface area contributed by atoms with Gasteiger partial charge in [-0.3, -0.25) is 0 Å². The standard InChI is InChI=1S/C49H36N2/c1-3-4-5-14-34(2)37-31-38(35-23-27-40(28-24-35)50-46-19-10-6-15-42(46)43-16-7-11-20-47(43)50)33-39(32-37)36-25-29-41(30-26-36)51-48-21-12-8-17-44(48)45-18-9-13-22-49(45)51/h3-33H,1H2,2H3/b5-4-,34-14+. The van der Waals surface area contributed by atoms with E-state index in [0.717, 1.165) is 11.4 Å². The summed E-state index contributed by atoms with van der Waals surface area (Å²) >= 11 is 0. The molecule has 0 aliphatic heterocycles. The van der Waals surface area contributed by atoms with Crippen LogP contribution in [-0.4, -0.2) is 9.13 Å². The molecule has 2 heteroatoms. The summed E-state index contributed by atoms with van der Waals surface area (Å²) in [5.41, 5.74) is 14.3. The van der Waals surface area contributed by atoms with Gasteiger partial charge in [-0.05, 0) is 107 Å². The van der Waals surface area contributed by atoms with Crippen molar-refractivity contribution in [2.45, 2.75) is 6.92 Å². The van der Waals surface area contributed by atoms with Crippen LogP contribution in [0.25, 0.3) is 82.8 Å². The summed E-state index contributed by atoms with van der Waals surface area (Å²) in [6, 6.07) is 59.6. The van der Waals surface area contributed by atoms with Crippen LogP contribution >= 0.6 is 0 Å². The van der Waals surface area contributed by atoms with Crippen molar-refractivity contribution in [1.82, 2.24) is 9.13 Å². The van der Waals surface area contributed by atoms with Gasteiger partial charge in [0.2, 0.25) is 0 Å². The molecule has 2 nitrogen and oxygen atoms in total. The van der Waals surface area contributed by atoms with Gasteiger partial charge in [-0.1, -0.05) is 128 Å². The molecule has 0 saturated heterocycles. The molecule has 0 amide bonds. The van der Waals surface area contributed by atoms with Crippen LogP contribution in [-0.2, 0) is 0 Å². The molecule has 2 aromatic heterocycles. The minimum absolute atomic E-state index is 1.15. The molecular formula is C49H36N2. The van der Waals surface area contributed by atoms with E-state index in [4.69, 9.17) is 0 Å². The molecule has 7 aromatic carbocycles. The summed E-state index contributed by atoms with van der Waals surface area (Å²) in [7, 11) is 0. The Bertz CT molecular complexity index is 2520. The van der Waals surface area contributed by atoms with E-state index < -0.39 is 0 Å². The lowest BCUT2D eigenvalue weighted by molar-refractivity contribution is 1.18. The Morgan fingerprint density at radius 2 is 0.804 bits per heavy atom. The molecule has 2 heterocycles. The zero-order valence-electron chi connectivity index (χ0n) is 28.5. The molecule has 51 heavy (non-hydrogen) atoms. The summed E-state index contributed by atoms with van der Waals surface area (Å²) in [6.07, 6.45) is 7.98. The maximum Gasteiger partial charge on any atom is 0.0541 e. The van der Waals surface area contributed by atoms with Crippen molar-refractivity contribution in [3.05, 3.63) is 200 Å². The number of aromatic nitrogens is 2. The largest absolute Gasteiger partial charge is 0.309 e. The average Bonchev–Trinajstić information content (AvgIpc) is 3.71. The van der Waals surface area contributed by atoms with Gasteiger partial charge in [-0.15, -0.1) is 0 Å². The van der Waals surface area contributed by atoms with Gasteiger partial charge in [0, 0.05) is 32.9 Å². The number of hydrogen-bond donors (Lipinski definition) is 0. The molecule has 9 aromatic rings. The van der Waals surface area contributed by atoms with E-state index in [-0.39, 0.29) is 0 Å².